The zero-order valence-corrected chi connectivity index (χ0v) is 7.06. The SMILES string of the molecule is C=CC(C)(C)OC(C=NO)=NO. The van der Waals surface area contributed by atoms with Crippen molar-refractivity contribution in [3.63, 3.8) is 0 Å². The van der Waals surface area contributed by atoms with Gasteiger partial charge in [-0.1, -0.05) is 11.7 Å². The van der Waals surface area contributed by atoms with Crippen molar-refractivity contribution in [3.8, 4) is 0 Å². The smallest absolute Gasteiger partial charge is 0.272 e. The molecule has 0 fully saturated rings. The molecule has 2 N–H and O–H groups in total. The van der Waals surface area contributed by atoms with E-state index in [1.165, 1.54) is 6.08 Å². The van der Waals surface area contributed by atoms with E-state index in [1.807, 2.05) is 0 Å². The Bertz CT molecular complexity index is 209. The summed E-state index contributed by atoms with van der Waals surface area (Å²) in [5.41, 5.74) is -0.664. The fourth-order valence-electron chi connectivity index (χ4n) is 0.433. The van der Waals surface area contributed by atoms with E-state index in [4.69, 9.17) is 15.2 Å². The van der Waals surface area contributed by atoms with Crippen molar-refractivity contribution >= 4 is 12.1 Å². The molecule has 0 rings (SSSR count). The Balaban J connectivity index is 4.31. The highest BCUT2D eigenvalue weighted by molar-refractivity contribution is 6.26. The molecule has 0 radical (unpaired) electrons. The number of nitrogens with zero attached hydrogens (tertiary/aromatic N) is 2. The van der Waals surface area contributed by atoms with E-state index in [2.05, 4.69) is 16.9 Å². The van der Waals surface area contributed by atoms with Crippen LogP contribution in [0.2, 0.25) is 0 Å². The van der Waals surface area contributed by atoms with E-state index in [0.29, 0.717) is 0 Å². The van der Waals surface area contributed by atoms with E-state index in [0.717, 1.165) is 6.21 Å². The second kappa shape index (κ2) is 4.38. The van der Waals surface area contributed by atoms with Gasteiger partial charge in [0.05, 0.1) is 0 Å². The van der Waals surface area contributed by atoms with Crippen LogP contribution in [0.4, 0.5) is 0 Å². The quantitative estimate of drug-likeness (QED) is 0.221. The first-order valence-corrected chi connectivity index (χ1v) is 3.28. The third-order valence-corrected chi connectivity index (χ3v) is 1.13. The van der Waals surface area contributed by atoms with Gasteiger partial charge < -0.3 is 15.2 Å². The molecule has 0 saturated heterocycles. The Morgan fingerprint density at radius 3 is 2.42 bits per heavy atom. The summed E-state index contributed by atoms with van der Waals surface area (Å²) in [7, 11) is 0. The molecule has 0 saturated carbocycles. The minimum Gasteiger partial charge on any atom is -0.464 e. The van der Waals surface area contributed by atoms with Crippen LogP contribution in [0.3, 0.4) is 0 Å². The molecule has 0 aliphatic rings. The summed E-state index contributed by atoms with van der Waals surface area (Å²) in [6.07, 6.45) is 2.41. The van der Waals surface area contributed by atoms with Crippen LogP contribution < -0.4 is 0 Å². The number of hydrogen-bond acceptors (Lipinski definition) is 5. The third kappa shape index (κ3) is 3.60. The molecule has 0 bridgehead atoms. The van der Waals surface area contributed by atoms with Crippen LogP contribution in [-0.2, 0) is 4.74 Å². The van der Waals surface area contributed by atoms with Crippen molar-refractivity contribution < 1.29 is 15.2 Å². The first-order chi connectivity index (χ1) is 5.55. The van der Waals surface area contributed by atoms with E-state index >= 15 is 0 Å². The number of ether oxygens (including phenoxy) is 1. The summed E-state index contributed by atoms with van der Waals surface area (Å²) in [4.78, 5) is 0. The molecule has 0 aromatic heterocycles. The molecule has 0 unspecified atom stereocenters. The van der Waals surface area contributed by atoms with E-state index in [9.17, 15) is 0 Å². The minimum atomic E-state index is -0.664. The fourth-order valence-corrected chi connectivity index (χ4v) is 0.433. The molecule has 0 aliphatic carbocycles. The van der Waals surface area contributed by atoms with Gasteiger partial charge >= 0.3 is 0 Å². The minimum absolute atomic E-state index is 0.178. The average Bonchev–Trinajstić information content (AvgIpc) is 2.03. The van der Waals surface area contributed by atoms with Gasteiger partial charge in [-0.05, 0) is 25.1 Å². The Morgan fingerprint density at radius 2 is 2.08 bits per heavy atom. The molecule has 0 aliphatic heterocycles. The molecule has 0 aromatic rings. The predicted molar refractivity (Wildman–Crippen MR) is 44.9 cm³/mol. The van der Waals surface area contributed by atoms with Gasteiger partial charge in [0.25, 0.3) is 5.90 Å². The van der Waals surface area contributed by atoms with Gasteiger partial charge in [0.15, 0.2) is 0 Å². The monoisotopic (exact) mass is 172 g/mol. The lowest BCUT2D eigenvalue weighted by atomic mass is 10.1. The summed E-state index contributed by atoms with van der Waals surface area (Å²) in [6, 6.07) is 0. The van der Waals surface area contributed by atoms with Crippen LogP contribution >= 0.6 is 0 Å². The molecule has 0 heterocycles. The average molecular weight is 172 g/mol. The van der Waals surface area contributed by atoms with E-state index in [-0.39, 0.29) is 5.90 Å². The van der Waals surface area contributed by atoms with Crippen molar-refractivity contribution in [1.29, 1.82) is 0 Å². The van der Waals surface area contributed by atoms with Gasteiger partial charge in [-0.3, -0.25) is 0 Å². The summed E-state index contributed by atoms with van der Waals surface area (Å²) in [5, 5.41) is 21.8. The molecule has 0 aromatic carbocycles. The van der Waals surface area contributed by atoms with Crippen molar-refractivity contribution in [3.05, 3.63) is 12.7 Å². The summed E-state index contributed by atoms with van der Waals surface area (Å²) in [6.45, 7) is 6.95. The van der Waals surface area contributed by atoms with Gasteiger partial charge in [-0.25, -0.2) is 0 Å². The lowest BCUT2D eigenvalue weighted by Gasteiger charge is -2.20. The van der Waals surface area contributed by atoms with Crippen LogP contribution in [0.25, 0.3) is 0 Å². The maximum absolute atomic E-state index is 8.34. The number of rotatable bonds is 3. The lowest BCUT2D eigenvalue weighted by Crippen LogP contribution is -2.25. The van der Waals surface area contributed by atoms with Gasteiger partial charge in [-0.2, -0.15) is 0 Å². The summed E-state index contributed by atoms with van der Waals surface area (Å²) in [5.74, 6) is -0.178. The van der Waals surface area contributed by atoms with Crippen molar-refractivity contribution in [1.82, 2.24) is 0 Å². The second-order valence-electron chi connectivity index (χ2n) is 2.59. The molecule has 5 nitrogen and oxygen atoms in total. The van der Waals surface area contributed by atoms with Crippen LogP contribution in [0, 0.1) is 0 Å². The highest BCUT2D eigenvalue weighted by Crippen LogP contribution is 2.09. The first-order valence-electron chi connectivity index (χ1n) is 3.28. The largest absolute Gasteiger partial charge is 0.464 e. The van der Waals surface area contributed by atoms with E-state index < -0.39 is 5.60 Å². The lowest BCUT2D eigenvalue weighted by molar-refractivity contribution is 0.141. The van der Waals surface area contributed by atoms with Crippen LogP contribution in [-0.4, -0.2) is 28.1 Å². The van der Waals surface area contributed by atoms with E-state index in [1.54, 1.807) is 13.8 Å². The predicted octanol–water partition coefficient (Wildman–Crippen LogP) is 1.22. The molecule has 0 amide bonds. The normalized spacial score (nSPS) is 13.3. The zero-order valence-electron chi connectivity index (χ0n) is 7.06. The van der Waals surface area contributed by atoms with Crippen molar-refractivity contribution in [2.45, 2.75) is 19.4 Å². The maximum Gasteiger partial charge on any atom is 0.272 e. The van der Waals surface area contributed by atoms with Gasteiger partial charge in [0.2, 0.25) is 0 Å². The van der Waals surface area contributed by atoms with Gasteiger partial charge in [-0.15, -0.1) is 0 Å². The Morgan fingerprint density at radius 1 is 1.50 bits per heavy atom. The van der Waals surface area contributed by atoms with Crippen LogP contribution in [0.1, 0.15) is 13.8 Å². The summed E-state index contributed by atoms with van der Waals surface area (Å²) < 4.78 is 5.05. The summed E-state index contributed by atoms with van der Waals surface area (Å²) >= 11 is 0. The fraction of sp³-hybridized carbons (Fsp3) is 0.429. The highest BCUT2D eigenvalue weighted by atomic mass is 16.5. The molecule has 0 spiro atoms. The first kappa shape index (κ1) is 10.5. The standard InChI is InChI=1S/C7H12N2O3/c1-4-7(2,3)12-6(9-11)5-8-10/h4-5,10-11H,1H2,2-3H3. The second-order valence-corrected chi connectivity index (χ2v) is 2.59. The van der Waals surface area contributed by atoms with Gasteiger partial charge in [0.1, 0.15) is 11.8 Å². The Hall–Kier alpha value is -1.52. The molecule has 0 atom stereocenters. The van der Waals surface area contributed by atoms with Crippen molar-refractivity contribution in [2.24, 2.45) is 10.3 Å². The zero-order chi connectivity index (χ0) is 9.61. The van der Waals surface area contributed by atoms with Crippen LogP contribution in [0.15, 0.2) is 23.0 Å². The van der Waals surface area contributed by atoms with Crippen LogP contribution in [0.5, 0.6) is 0 Å². The third-order valence-electron chi connectivity index (χ3n) is 1.13. The number of hydrogen-bond donors (Lipinski definition) is 2. The maximum atomic E-state index is 8.34. The number of oxime groups is 2. The molecule has 12 heavy (non-hydrogen) atoms. The molecular weight excluding hydrogens is 160 g/mol. The Labute approximate surface area is 70.6 Å². The van der Waals surface area contributed by atoms with Crippen molar-refractivity contribution in [2.75, 3.05) is 0 Å². The highest BCUT2D eigenvalue weighted by Gasteiger charge is 2.16. The molecular formula is C7H12N2O3. The van der Waals surface area contributed by atoms with Gasteiger partial charge in [0, 0.05) is 0 Å². The molecule has 5 heteroatoms. The molecule has 68 valence electrons. The Kier molecular flexibility index (Phi) is 3.82. The topological polar surface area (TPSA) is 74.4 Å².